The second-order valence-corrected chi connectivity index (χ2v) is 6.52. The maximum atomic E-state index is 2.44. The molecule has 1 unspecified atom stereocenters. The fraction of sp³-hybridized carbons (Fsp3) is 0.619. The van der Waals surface area contributed by atoms with Crippen molar-refractivity contribution >= 4 is 0 Å². The Morgan fingerprint density at radius 2 is 1.43 bits per heavy atom. The summed E-state index contributed by atoms with van der Waals surface area (Å²) in [4.78, 5) is 0. The Balaban J connectivity index is 2.27. The van der Waals surface area contributed by atoms with E-state index in [-0.39, 0.29) is 0 Å². The maximum Gasteiger partial charge on any atom is 0.00204 e. The molecule has 0 amide bonds. The summed E-state index contributed by atoms with van der Waals surface area (Å²) < 4.78 is 0. The molecule has 0 bridgehead atoms. The van der Waals surface area contributed by atoms with Crippen LogP contribution in [0.4, 0.5) is 0 Å². The van der Waals surface area contributed by atoms with Gasteiger partial charge in [-0.1, -0.05) is 100 Å². The lowest BCUT2D eigenvalue weighted by atomic mass is 9.91. The summed E-state index contributed by atoms with van der Waals surface area (Å²) in [6, 6.07) is 11.0. The zero-order valence-electron chi connectivity index (χ0n) is 14.4. The first kappa shape index (κ1) is 18.0. The van der Waals surface area contributed by atoms with Gasteiger partial charge in [0.15, 0.2) is 0 Å². The molecule has 0 radical (unpaired) electrons. The molecule has 0 aliphatic heterocycles. The third-order valence-corrected chi connectivity index (χ3v) is 4.13. The van der Waals surface area contributed by atoms with E-state index in [2.05, 4.69) is 57.2 Å². The third kappa shape index (κ3) is 8.75. The minimum atomic E-state index is 0.608. The average molecular weight is 287 g/mol. The van der Waals surface area contributed by atoms with E-state index >= 15 is 0 Å². The van der Waals surface area contributed by atoms with Gasteiger partial charge < -0.3 is 0 Å². The molecule has 0 nitrogen and oxygen atoms in total. The molecule has 1 aromatic carbocycles. The summed E-state index contributed by atoms with van der Waals surface area (Å²) in [5.74, 6) is 0.608. The first-order chi connectivity index (χ1) is 10.2. The highest BCUT2D eigenvalue weighted by atomic mass is 14.1. The Morgan fingerprint density at radius 3 is 2.00 bits per heavy atom. The van der Waals surface area contributed by atoms with Crippen LogP contribution < -0.4 is 0 Å². The molecule has 0 aliphatic rings. The first-order valence-corrected chi connectivity index (χ1v) is 8.94. The maximum absolute atomic E-state index is 2.44. The highest BCUT2D eigenvalue weighted by molar-refractivity contribution is 5.24. The van der Waals surface area contributed by atoms with Crippen molar-refractivity contribution in [3.05, 3.63) is 47.5 Å². The van der Waals surface area contributed by atoms with Crippen LogP contribution in [0, 0.1) is 0 Å². The molecule has 0 spiro atoms. The summed E-state index contributed by atoms with van der Waals surface area (Å²) in [7, 11) is 0. The second-order valence-electron chi connectivity index (χ2n) is 6.52. The summed E-state index contributed by atoms with van der Waals surface area (Å²) in [6.07, 6.45) is 15.0. The lowest BCUT2D eigenvalue weighted by molar-refractivity contribution is 0.554. The van der Waals surface area contributed by atoms with Crippen molar-refractivity contribution in [2.75, 3.05) is 0 Å². The summed E-state index contributed by atoms with van der Waals surface area (Å²) in [5.41, 5.74) is 2.91. The van der Waals surface area contributed by atoms with Crippen molar-refractivity contribution in [1.29, 1.82) is 0 Å². The molecule has 118 valence electrons. The van der Waals surface area contributed by atoms with Gasteiger partial charge in [-0.05, 0) is 25.8 Å². The number of hydrogen-bond acceptors (Lipinski definition) is 0. The Labute approximate surface area is 132 Å². The minimum absolute atomic E-state index is 0.608. The predicted octanol–water partition coefficient (Wildman–Crippen LogP) is 7.27. The fourth-order valence-corrected chi connectivity index (χ4v) is 2.95. The first-order valence-electron chi connectivity index (χ1n) is 8.94. The van der Waals surface area contributed by atoms with Gasteiger partial charge in [-0.15, -0.1) is 0 Å². The van der Waals surface area contributed by atoms with Crippen molar-refractivity contribution in [2.45, 2.75) is 84.5 Å². The molecule has 0 aromatic heterocycles. The van der Waals surface area contributed by atoms with Gasteiger partial charge in [-0.3, -0.25) is 0 Å². The van der Waals surface area contributed by atoms with Crippen molar-refractivity contribution in [1.82, 2.24) is 0 Å². The van der Waals surface area contributed by atoms with Crippen LogP contribution in [0.3, 0.4) is 0 Å². The molecule has 0 heteroatoms. The molecule has 1 atom stereocenters. The van der Waals surface area contributed by atoms with Gasteiger partial charge in [-0.2, -0.15) is 0 Å². The van der Waals surface area contributed by atoms with Crippen molar-refractivity contribution in [2.24, 2.45) is 0 Å². The van der Waals surface area contributed by atoms with Crippen LogP contribution in [0.25, 0.3) is 0 Å². The van der Waals surface area contributed by atoms with Crippen LogP contribution in [-0.4, -0.2) is 0 Å². The van der Waals surface area contributed by atoms with Gasteiger partial charge in [0.25, 0.3) is 0 Å². The van der Waals surface area contributed by atoms with E-state index in [1.807, 2.05) is 0 Å². The number of hydrogen-bond donors (Lipinski definition) is 0. The van der Waals surface area contributed by atoms with Crippen molar-refractivity contribution in [3.8, 4) is 0 Å². The van der Waals surface area contributed by atoms with Gasteiger partial charge >= 0.3 is 0 Å². The number of allylic oxidation sites excluding steroid dienone is 2. The van der Waals surface area contributed by atoms with Crippen LogP contribution in [0.2, 0.25) is 0 Å². The number of rotatable bonds is 11. The average Bonchev–Trinajstić information content (AvgIpc) is 2.49. The molecule has 1 rings (SSSR count). The lowest BCUT2D eigenvalue weighted by Crippen LogP contribution is -1.96. The molecule has 0 N–H and O–H groups in total. The highest BCUT2D eigenvalue weighted by Crippen LogP contribution is 2.25. The Kier molecular flexibility index (Phi) is 9.95. The number of benzene rings is 1. The molecule has 0 saturated heterocycles. The standard InChI is InChI=1S/C21H34/c1-4-5-6-7-8-9-10-12-17-21(18-19(2)3)20-15-13-11-14-16-20/h11,13-16,18,21H,4-10,12,17H2,1-3H3. The zero-order chi connectivity index (χ0) is 15.3. The van der Waals surface area contributed by atoms with Crippen molar-refractivity contribution < 1.29 is 0 Å². The van der Waals surface area contributed by atoms with Gasteiger partial charge in [0, 0.05) is 5.92 Å². The van der Waals surface area contributed by atoms with E-state index in [0.717, 1.165) is 0 Å². The Bertz CT molecular complexity index is 370. The second kappa shape index (κ2) is 11.6. The Morgan fingerprint density at radius 1 is 0.857 bits per heavy atom. The van der Waals surface area contributed by atoms with E-state index in [9.17, 15) is 0 Å². The van der Waals surface area contributed by atoms with Gasteiger partial charge in [0.1, 0.15) is 0 Å². The molecular weight excluding hydrogens is 252 g/mol. The van der Waals surface area contributed by atoms with Crippen molar-refractivity contribution in [3.63, 3.8) is 0 Å². The molecule has 0 heterocycles. The van der Waals surface area contributed by atoms with E-state index < -0.39 is 0 Å². The molecular formula is C21H34. The summed E-state index contributed by atoms with van der Waals surface area (Å²) in [5, 5.41) is 0. The predicted molar refractivity (Wildman–Crippen MR) is 95.8 cm³/mol. The van der Waals surface area contributed by atoms with Crippen LogP contribution >= 0.6 is 0 Å². The zero-order valence-corrected chi connectivity index (χ0v) is 14.4. The third-order valence-electron chi connectivity index (χ3n) is 4.13. The molecule has 0 fully saturated rings. The van der Waals surface area contributed by atoms with Crippen LogP contribution in [0.5, 0.6) is 0 Å². The monoisotopic (exact) mass is 286 g/mol. The van der Waals surface area contributed by atoms with E-state index in [1.54, 1.807) is 0 Å². The Hall–Kier alpha value is -1.04. The van der Waals surface area contributed by atoms with Gasteiger partial charge in [-0.25, -0.2) is 0 Å². The molecule has 0 saturated carbocycles. The largest absolute Gasteiger partial charge is 0.0798 e. The number of unbranched alkanes of at least 4 members (excludes halogenated alkanes) is 7. The van der Waals surface area contributed by atoms with Gasteiger partial charge in [0.05, 0.1) is 0 Å². The highest BCUT2D eigenvalue weighted by Gasteiger charge is 2.07. The topological polar surface area (TPSA) is 0 Å². The minimum Gasteiger partial charge on any atom is -0.0798 e. The van der Waals surface area contributed by atoms with E-state index in [0.29, 0.717) is 5.92 Å². The van der Waals surface area contributed by atoms with E-state index in [4.69, 9.17) is 0 Å². The summed E-state index contributed by atoms with van der Waals surface area (Å²) >= 11 is 0. The van der Waals surface area contributed by atoms with Crippen LogP contribution in [-0.2, 0) is 0 Å². The SMILES string of the molecule is CCCCCCCCCCC(C=C(C)C)c1ccccc1. The quantitative estimate of drug-likeness (QED) is 0.296. The normalized spacial score (nSPS) is 12.1. The lowest BCUT2D eigenvalue weighted by Gasteiger charge is -2.14. The fourth-order valence-electron chi connectivity index (χ4n) is 2.95. The molecule has 21 heavy (non-hydrogen) atoms. The molecule has 1 aromatic rings. The van der Waals surface area contributed by atoms with Gasteiger partial charge in [0.2, 0.25) is 0 Å². The molecule has 0 aliphatic carbocycles. The van der Waals surface area contributed by atoms with Crippen LogP contribution in [0.15, 0.2) is 42.0 Å². The van der Waals surface area contributed by atoms with Crippen LogP contribution in [0.1, 0.15) is 90.0 Å². The van der Waals surface area contributed by atoms with E-state index in [1.165, 1.54) is 68.9 Å². The summed E-state index contributed by atoms with van der Waals surface area (Å²) in [6.45, 7) is 6.71. The smallest absolute Gasteiger partial charge is 0.00204 e.